The Bertz CT molecular complexity index is 389. The first-order valence-electron chi connectivity index (χ1n) is 4.00. The molecular formula is C9H9F3N2O. The van der Waals surface area contributed by atoms with Crippen LogP contribution in [0.25, 0.3) is 0 Å². The number of nitrogens with two attached hydrogens (primary N) is 2. The number of nitrogen functional groups attached to an aromatic ring is 2. The highest BCUT2D eigenvalue weighted by Gasteiger charge is 2.32. The van der Waals surface area contributed by atoms with E-state index in [2.05, 4.69) is 0 Å². The van der Waals surface area contributed by atoms with Gasteiger partial charge in [0.05, 0.1) is 11.1 Å². The van der Waals surface area contributed by atoms with Crippen molar-refractivity contribution >= 4 is 17.2 Å². The summed E-state index contributed by atoms with van der Waals surface area (Å²) in [7, 11) is 0. The van der Waals surface area contributed by atoms with Gasteiger partial charge >= 0.3 is 6.18 Å². The second-order valence-electron chi connectivity index (χ2n) is 3.08. The zero-order valence-corrected chi connectivity index (χ0v) is 7.85. The molecule has 0 atom stereocenters. The summed E-state index contributed by atoms with van der Waals surface area (Å²) in [6, 6.07) is 1.40. The Balaban J connectivity index is 3.39. The predicted molar refractivity (Wildman–Crippen MR) is 50.3 cm³/mol. The second-order valence-corrected chi connectivity index (χ2v) is 3.08. The summed E-state index contributed by atoms with van der Waals surface area (Å²) in [5.74, 6) is -0.460. The SMILES string of the molecule is CC(=O)c1c(N)cc(C(F)(F)F)cc1N. The fourth-order valence-corrected chi connectivity index (χ4v) is 1.26. The lowest BCUT2D eigenvalue weighted by Gasteiger charge is -2.11. The minimum Gasteiger partial charge on any atom is -0.398 e. The molecule has 1 aromatic carbocycles. The van der Waals surface area contributed by atoms with Crippen molar-refractivity contribution < 1.29 is 18.0 Å². The number of hydrogen-bond donors (Lipinski definition) is 2. The standard InChI is InChI=1S/C9H9F3N2O/c1-4(15)8-6(13)2-5(3-7(8)14)9(10,11)12/h2-3H,13-14H2,1H3. The van der Waals surface area contributed by atoms with Gasteiger partial charge in [-0.3, -0.25) is 4.79 Å². The van der Waals surface area contributed by atoms with Crippen molar-refractivity contribution in [3.63, 3.8) is 0 Å². The number of carbonyl (C=O) groups excluding carboxylic acids is 1. The fourth-order valence-electron chi connectivity index (χ4n) is 1.26. The van der Waals surface area contributed by atoms with E-state index in [0.717, 1.165) is 0 Å². The highest BCUT2D eigenvalue weighted by molar-refractivity contribution is 6.04. The van der Waals surface area contributed by atoms with Gasteiger partial charge in [0.2, 0.25) is 0 Å². The van der Waals surface area contributed by atoms with Crippen LogP contribution in [0.15, 0.2) is 12.1 Å². The van der Waals surface area contributed by atoms with E-state index in [1.165, 1.54) is 6.92 Å². The van der Waals surface area contributed by atoms with Crippen molar-refractivity contribution in [3.8, 4) is 0 Å². The number of ketones is 1. The molecule has 1 rings (SSSR count). The Hall–Kier alpha value is -1.72. The fraction of sp³-hybridized carbons (Fsp3) is 0.222. The number of anilines is 2. The van der Waals surface area contributed by atoms with Crippen LogP contribution in [0.1, 0.15) is 22.8 Å². The summed E-state index contributed by atoms with van der Waals surface area (Å²) in [5.41, 5.74) is 9.11. The Morgan fingerprint density at radius 3 is 1.87 bits per heavy atom. The third kappa shape index (κ3) is 2.20. The predicted octanol–water partition coefficient (Wildman–Crippen LogP) is 2.07. The van der Waals surface area contributed by atoms with Crippen LogP contribution in [0.5, 0.6) is 0 Å². The van der Waals surface area contributed by atoms with Crippen molar-refractivity contribution in [3.05, 3.63) is 23.3 Å². The molecule has 0 amide bonds. The molecule has 0 spiro atoms. The summed E-state index contributed by atoms with van der Waals surface area (Å²) in [5, 5.41) is 0. The van der Waals surface area contributed by atoms with Crippen LogP contribution in [0, 0.1) is 0 Å². The largest absolute Gasteiger partial charge is 0.416 e. The van der Waals surface area contributed by atoms with Gasteiger partial charge in [-0.15, -0.1) is 0 Å². The lowest BCUT2D eigenvalue weighted by atomic mass is 10.0. The molecule has 82 valence electrons. The molecule has 3 nitrogen and oxygen atoms in total. The molecule has 0 aliphatic carbocycles. The third-order valence-corrected chi connectivity index (χ3v) is 1.88. The van der Waals surface area contributed by atoms with E-state index in [0.29, 0.717) is 12.1 Å². The van der Waals surface area contributed by atoms with Gasteiger partial charge in [-0.1, -0.05) is 0 Å². The highest BCUT2D eigenvalue weighted by atomic mass is 19.4. The lowest BCUT2D eigenvalue weighted by Crippen LogP contribution is -2.11. The molecule has 1 aromatic rings. The van der Waals surface area contributed by atoms with E-state index in [9.17, 15) is 18.0 Å². The van der Waals surface area contributed by atoms with E-state index < -0.39 is 17.5 Å². The van der Waals surface area contributed by atoms with Gasteiger partial charge < -0.3 is 11.5 Å². The van der Waals surface area contributed by atoms with Crippen molar-refractivity contribution in [1.82, 2.24) is 0 Å². The number of rotatable bonds is 1. The van der Waals surface area contributed by atoms with Crippen molar-refractivity contribution in [2.75, 3.05) is 11.5 Å². The number of hydrogen-bond acceptors (Lipinski definition) is 3. The zero-order chi connectivity index (χ0) is 11.8. The first kappa shape index (κ1) is 11.4. The molecule has 15 heavy (non-hydrogen) atoms. The van der Waals surface area contributed by atoms with Crippen molar-refractivity contribution in [2.24, 2.45) is 0 Å². The molecule has 0 saturated carbocycles. The van der Waals surface area contributed by atoms with Gasteiger partial charge in [-0.2, -0.15) is 13.2 Å². The lowest BCUT2D eigenvalue weighted by molar-refractivity contribution is -0.137. The van der Waals surface area contributed by atoms with Crippen LogP contribution in [-0.2, 0) is 6.18 Å². The number of Topliss-reactive ketones (excluding diaryl/α,β-unsaturated/α-hetero) is 1. The molecule has 0 unspecified atom stereocenters. The quantitative estimate of drug-likeness (QED) is 0.560. The maximum atomic E-state index is 12.3. The topological polar surface area (TPSA) is 69.1 Å². The van der Waals surface area contributed by atoms with Crippen molar-refractivity contribution in [2.45, 2.75) is 13.1 Å². The van der Waals surface area contributed by atoms with E-state index >= 15 is 0 Å². The average molecular weight is 218 g/mol. The Morgan fingerprint density at radius 2 is 1.60 bits per heavy atom. The summed E-state index contributed by atoms with van der Waals surface area (Å²) in [6.07, 6.45) is -4.52. The summed E-state index contributed by atoms with van der Waals surface area (Å²) < 4.78 is 36.9. The third-order valence-electron chi connectivity index (χ3n) is 1.88. The van der Waals surface area contributed by atoms with Gasteiger partial charge in [0.1, 0.15) is 0 Å². The van der Waals surface area contributed by atoms with E-state index in [-0.39, 0.29) is 16.9 Å². The molecule has 0 aliphatic heterocycles. The Morgan fingerprint density at radius 1 is 1.20 bits per heavy atom. The number of carbonyl (C=O) groups is 1. The van der Waals surface area contributed by atoms with Crippen LogP contribution < -0.4 is 11.5 Å². The molecule has 0 heterocycles. The van der Waals surface area contributed by atoms with Gasteiger partial charge in [0.15, 0.2) is 5.78 Å². The molecule has 0 bridgehead atoms. The number of alkyl halides is 3. The molecule has 0 aromatic heterocycles. The molecule has 0 fully saturated rings. The summed E-state index contributed by atoms with van der Waals surface area (Å²) in [6.45, 7) is 1.19. The monoisotopic (exact) mass is 218 g/mol. The maximum Gasteiger partial charge on any atom is 0.416 e. The van der Waals surface area contributed by atoms with E-state index in [1.807, 2.05) is 0 Å². The van der Waals surface area contributed by atoms with Crippen LogP contribution in [0.2, 0.25) is 0 Å². The average Bonchev–Trinajstić information content (AvgIpc) is 1.99. The van der Waals surface area contributed by atoms with Crippen LogP contribution in [0.4, 0.5) is 24.5 Å². The Labute approximate surface area is 83.9 Å². The first-order chi connectivity index (χ1) is 6.73. The molecular weight excluding hydrogens is 209 g/mol. The van der Waals surface area contributed by atoms with Gasteiger partial charge in [-0.25, -0.2) is 0 Å². The van der Waals surface area contributed by atoms with Crippen LogP contribution in [0.3, 0.4) is 0 Å². The smallest absolute Gasteiger partial charge is 0.398 e. The van der Waals surface area contributed by atoms with E-state index in [1.54, 1.807) is 0 Å². The van der Waals surface area contributed by atoms with Crippen LogP contribution >= 0.6 is 0 Å². The molecule has 4 N–H and O–H groups in total. The van der Waals surface area contributed by atoms with Gasteiger partial charge in [-0.05, 0) is 19.1 Å². The molecule has 0 radical (unpaired) electrons. The zero-order valence-electron chi connectivity index (χ0n) is 7.85. The summed E-state index contributed by atoms with van der Waals surface area (Å²) >= 11 is 0. The van der Waals surface area contributed by atoms with Crippen LogP contribution in [-0.4, -0.2) is 5.78 Å². The minimum absolute atomic E-state index is 0.0667. The van der Waals surface area contributed by atoms with Gasteiger partial charge in [0.25, 0.3) is 0 Å². The maximum absolute atomic E-state index is 12.3. The normalized spacial score (nSPS) is 11.5. The van der Waals surface area contributed by atoms with Gasteiger partial charge in [0, 0.05) is 11.4 Å². The molecule has 6 heteroatoms. The van der Waals surface area contributed by atoms with Crippen molar-refractivity contribution in [1.29, 1.82) is 0 Å². The first-order valence-corrected chi connectivity index (χ1v) is 4.00. The summed E-state index contributed by atoms with van der Waals surface area (Å²) in [4.78, 5) is 11.0. The van der Waals surface area contributed by atoms with E-state index in [4.69, 9.17) is 11.5 Å². The Kier molecular flexibility index (Phi) is 2.61. The molecule has 0 saturated heterocycles. The second kappa shape index (κ2) is 3.45. The number of halogens is 3. The molecule has 0 aliphatic rings. The highest BCUT2D eigenvalue weighted by Crippen LogP contribution is 2.34. The minimum atomic E-state index is -4.52. The number of benzene rings is 1.